The van der Waals surface area contributed by atoms with Gasteiger partial charge in [0.05, 0.1) is 22.6 Å². The molecule has 0 saturated carbocycles. The van der Waals surface area contributed by atoms with Crippen molar-refractivity contribution in [3.05, 3.63) is 52.6 Å². The summed E-state index contributed by atoms with van der Waals surface area (Å²) in [5.74, 6) is -0.117. The highest BCUT2D eigenvalue weighted by Gasteiger charge is 2.32. The maximum atomic E-state index is 12.1. The Labute approximate surface area is 161 Å². The molecule has 1 unspecified atom stereocenters. The summed E-state index contributed by atoms with van der Waals surface area (Å²) in [6, 6.07) is 6.23. The first kappa shape index (κ1) is 19.7. The minimum atomic E-state index is -1.34. The second kappa shape index (κ2) is 7.52. The number of ether oxygens (including phenoxy) is 2. The highest BCUT2D eigenvalue weighted by Crippen LogP contribution is 2.35. The lowest BCUT2D eigenvalue weighted by Crippen LogP contribution is -2.44. The lowest BCUT2D eigenvalue weighted by Gasteiger charge is -2.29. The van der Waals surface area contributed by atoms with E-state index in [1.807, 2.05) is 0 Å². The Morgan fingerprint density at radius 1 is 1.25 bits per heavy atom. The standard InChI is InChI=1S/C21H22O7/c1-5-12(2)20(23)28-17(21(3,4)24)11-26-19-13-6-7-18(22)27-16(13)10-15-14(19)8-9-25-15/h5-10,17,24H,11H2,1-4H3/b12-5-. The molecule has 0 aliphatic rings. The molecule has 7 nitrogen and oxygen atoms in total. The van der Waals surface area contributed by atoms with Crippen molar-refractivity contribution < 1.29 is 28.2 Å². The van der Waals surface area contributed by atoms with Crippen LogP contribution in [0.5, 0.6) is 5.75 Å². The van der Waals surface area contributed by atoms with E-state index in [0.29, 0.717) is 33.3 Å². The highest BCUT2D eigenvalue weighted by molar-refractivity contribution is 6.01. The molecule has 1 atom stereocenters. The molecule has 0 aliphatic heterocycles. The van der Waals surface area contributed by atoms with Crippen LogP contribution in [-0.2, 0) is 9.53 Å². The van der Waals surface area contributed by atoms with E-state index in [2.05, 4.69) is 0 Å². The molecule has 0 fully saturated rings. The largest absolute Gasteiger partial charge is 0.488 e. The van der Waals surface area contributed by atoms with E-state index in [0.717, 1.165) is 0 Å². The van der Waals surface area contributed by atoms with Gasteiger partial charge in [0.2, 0.25) is 0 Å². The number of carbonyl (C=O) groups is 1. The molecular weight excluding hydrogens is 364 g/mol. The van der Waals surface area contributed by atoms with Gasteiger partial charge in [0, 0.05) is 17.7 Å². The molecule has 3 aromatic rings. The maximum absolute atomic E-state index is 12.1. The fourth-order valence-electron chi connectivity index (χ4n) is 2.65. The summed E-state index contributed by atoms with van der Waals surface area (Å²) >= 11 is 0. The van der Waals surface area contributed by atoms with E-state index in [4.69, 9.17) is 18.3 Å². The van der Waals surface area contributed by atoms with Crippen LogP contribution < -0.4 is 10.4 Å². The molecule has 0 amide bonds. The van der Waals surface area contributed by atoms with E-state index in [1.54, 1.807) is 38.1 Å². The molecule has 7 heteroatoms. The summed E-state index contributed by atoms with van der Waals surface area (Å²) in [4.78, 5) is 23.7. The number of fused-ring (bicyclic) bond motifs is 2. The summed E-state index contributed by atoms with van der Waals surface area (Å²) in [5, 5.41) is 11.7. The van der Waals surface area contributed by atoms with Gasteiger partial charge >= 0.3 is 11.6 Å². The van der Waals surface area contributed by atoms with Gasteiger partial charge in [0.15, 0.2) is 6.10 Å². The van der Waals surface area contributed by atoms with Gasteiger partial charge in [-0.3, -0.25) is 0 Å². The summed E-state index contributed by atoms with van der Waals surface area (Å²) in [6.07, 6.45) is 2.20. The smallest absolute Gasteiger partial charge is 0.336 e. The van der Waals surface area contributed by atoms with Crippen molar-refractivity contribution in [3.63, 3.8) is 0 Å². The minimum absolute atomic E-state index is 0.106. The molecule has 3 rings (SSSR count). The lowest BCUT2D eigenvalue weighted by molar-refractivity contribution is -0.160. The predicted molar refractivity (Wildman–Crippen MR) is 103 cm³/mol. The zero-order chi connectivity index (χ0) is 20.5. The van der Waals surface area contributed by atoms with Gasteiger partial charge in [-0.05, 0) is 39.8 Å². The minimum Gasteiger partial charge on any atom is -0.488 e. The average molecular weight is 386 g/mol. The van der Waals surface area contributed by atoms with Crippen LogP contribution >= 0.6 is 0 Å². The third-order valence-corrected chi connectivity index (χ3v) is 4.48. The molecule has 1 N–H and O–H groups in total. The number of esters is 1. The van der Waals surface area contributed by atoms with Gasteiger partial charge in [-0.25, -0.2) is 9.59 Å². The summed E-state index contributed by atoms with van der Waals surface area (Å²) in [6.45, 7) is 6.33. The predicted octanol–water partition coefficient (Wildman–Crippen LogP) is 3.57. The Balaban J connectivity index is 1.96. The molecule has 28 heavy (non-hydrogen) atoms. The Bertz CT molecular complexity index is 1100. The molecule has 0 spiro atoms. The van der Waals surface area contributed by atoms with Crippen molar-refractivity contribution in [1.29, 1.82) is 0 Å². The van der Waals surface area contributed by atoms with Crippen LogP contribution in [0, 0.1) is 0 Å². The van der Waals surface area contributed by atoms with Crippen LogP contribution in [0.4, 0.5) is 0 Å². The Kier molecular flexibility index (Phi) is 5.29. The summed E-state index contributed by atoms with van der Waals surface area (Å²) in [7, 11) is 0. The number of allylic oxidation sites excluding steroid dienone is 1. The molecule has 0 aliphatic carbocycles. The lowest BCUT2D eigenvalue weighted by atomic mass is 10.0. The van der Waals surface area contributed by atoms with Gasteiger partial charge in [-0.15, -0.1) is 0 Å². The SMILES string of the molecule is C/C=C(/C)C(=O)OC(COc1c2ccoc2cc2oc(=O)ccc12)C(C)(C)O. The van der Waals surface area contributed by atoms with Crippen LogP contribution in [0.15, 0.2) is 55.8 Å². The molecule has 148 valence electrons. The zero-order valence-electron chi connectivity index (χ0n) is 16.1. The summed E-state index contributed by atoms with van der Waals surface area (Å²) < 4.78 is 22.0. The van der Waals surface area contributed by atoms with Crippen LogP contribution in [0.25, 0.3) is 21.9 Å². The van der Waals surface area contributed by atoms with E-state index in [9.17, 15) is 14.7 Å². The first-order valence-corrected chi connectivity index (χ1v) is 8.84. The second-order valence-corrected chi connectivity index (χ2v) is 7.03. The Morgan fingerprint density at radius 2 is 1.96 bits per heavy atom. The van der Waals surface area contributed by atoms with Gasteiger partial charge in [0.25, 0.3) is 0 Å². The second-order valence-electron chi connectivity index (χ2n) is 7.03. The fourth-order valence-corrected chi connectivity index (χ4v) is 2.65. The summed E-state index contributed by atoms with van der Waals surface area (Å²) in [5.41, 5.74) is -0.603. The molecule has 2 heterocycles. The molecular formula is C21H22O7. The number of aliphatic hydroxyl groups is 1. The fraction of sp³-hybridized carbons (Fsp3) is 0.333. The first-order chi connectivity index (χ1) is 13.2. The number of hydrogen-bond donors (Lipinski definition) is 1. The Hall–Kier alpha value is -3.06. The van der Waals surface area contributed by atoms with Crippen molar-refractivity contribution in [2.24, 2.45) is 0 Å². The topological polar surface area (TPSA) is 99.1 Å². The molecule has 0 radical (unpaired) electrons. The number of furan rings is 1. The molecule has 1 aromatic carbocycles. The highest BCUT2D eigenvalue weighted by atomic mass is 16.6. The maximum Gasteiger partial charge on any atom is 0.336 e. The van der Waals surface area contributed by atoms with E-state index >= 15 is 0 Å². The quantitative estimate of drug-likeness (QED) is 0.393. The van der Waals surface area contributed by atoms with Crippen molar-refractivity contribution in [2.45, 2.75) is 39.4 Å². The zero-order valence-corrected chi connectivity index (χ0v) is 16.1. The number of benzene rings is 1. The molecule has 2 aromatic heterocycles. The number of carbonyl (C=O) groups excluding carboxylic acids is 1. The van der Waals surface area contributed by atoms with Crippen LogP contribution in [0.3, 0.4) is 0 Å². The van der Waals surface area contributed by atoms with Crippen LogP contribution in [0.1, 0.15) is 27.7 Å². The van der Waals surface area contributed by atoms with Gasteiger partial charge in [0.1, 0.15) is 23.5 Å². The van der Waals surface area contributed by atoms with Crippen molar-refractivity contribution in [1.82, 2.24) is 0 Å². The van der Waals surface area contributed by atoms with Crippen molar-refractivity contribution >= 4 is 27.9 Å². The number of rotatable bonds is 6. The first-order valence-electron chi connectivity index (χ1n) is 8.84. The van der Waals surface area contributed by atoms with Crippen molar-refractivity contribution in [3.8, 4) is 5.75 Å². The molecule has 0 bridgehead atoms. The molecule has 0 saturated heterocycles. The average Bonchev–Trinajstić information content (AvgIpc) is 3.10. The Morgan fingerprint density at radius 3 is 2.64 bits per heavy atom. The third-order valence-electron chi connectivity index (χ3n) is 4.48. The van der Waals surface area contributed by atoms with Crippen molar-refractivity contribution in [2.75, 3.05) is 6.61 Å². The van der Waals surface area contributed by atoms with Crippen LogP contribution in [0.2, 0.25) is 0 Å². The van der Waals surface area contributed by atoms with Gasteiger partial charge in [-0.1, -0.05) is 6.08 Å². The van der Waals surface area contributed by atoms with E-state index < -0.39 is 23.3 Å². The van der Waals surface area contributed by atoms with Gasteiger partial charge < -0.3 is 23.4 Å². The third kappa shape index (κ3) is 3.94. The normalized spacial score (nSPS) is 13.7. The van der Waals surface area contributed by atoms with Gasteiger partial charge in [-0.2, -0.15) is 0 Å². The van der Waals surface area contributed by atoms with E-state index in [1.165, 1.54) is 26.2 Å². The monoisotopic (exact) mass is 386 g/mol. The van der Waals surface area contributed by atoms with Crippen LogP contribution in [-0.4, -0.2) is 29.4 Å². The number of hydrogen-bond acceptors (Lipinski definition) is 7. The van der Waals surface area contributed by atoms with E-state index in [-0.39, 0.29) is 6.61 Å².